The van der Waals surface area contributed by atoms with Gasteiger partial charge in [0.25, 0.3) is 0 Å². The molecule has 3 nitrogen and oxygen atoms in total. The third-order valence-corrected chi connectivity index (χ3v) is 7.80. The summed E-state index contributed by atoms with van der Waals surface area (Å²) in [5.74, 6) is 0.300. The number of aromatic nitrogens is 1. The van der Waals surface area contributed by atoms with Gasteiger partial charge in [0, 0.05) is 28.2 Å². The highest BCUT2D eigenvalue weighted by Gasteiger charge is 2.51. The summed E-state index contributed by atoms with van der Waals surface area (Å²) in [6.07, 6.45) is 5.60. The maximum Gasteiger partial charge on any atom is 0.494 e. The first kappa shape index (κ1) is 21.5. The standard InChI is InChI=1S/C30H30BNO2/c1-29(2)30(3,4)34-31(33-29)22-18-19-27-26(20-22)25-17-11-16-24(21-12-7-5-8-13-21)28(25)32(27)23-14-9-6-10-15-23/h5-15,17-20,24H,16H2,1-4H3. The highest BCUT2D eigenvalue weighted by atomic mass is 16.7. The van der Waals surface area contributed by atoms with Gasteiger partial charge in [-0.2, -0.15) is 0 Å². The number of hydrogen-bond donors (Lipinski definition) is 0. The van der Waals surface area contributed by atoms with Gasteiger partial charge in [-0.1, -0.05) is 72.8 Å². The van der Waals surface area contributed by atoms with E-state index in [0.29, 0.717) is 5.92 Å². The monoisotopic (exact) mass is 447 g/mol. The van der Waals surface area contributed by atoms with Crippen molar-refractivity contribution in [2.45, 2.75) is 51.2 Å². The molecule has 1 aliphatic heterocycles. The number of hydrogen-bond acceptors (Lipinski definition) is 2. The molecule has 34 heavy (non-hydrogen) atoms. The topological polar surface area (TPSA) is 23.4 Å². The summed E-state index contributed by atoms with van der Waals surface area (Å²) in [5, 5.41) is 1.24. The van der Waals surface area contributed by atoms with Gasteiger partial charge in [-0.05, 0) is 63.3 Å². The minimum absolute atomic E-state index is 0.300. The zero-order valence-electron chi connectivity index (χ0n) is 20.3. The molecule has 0 amide bonds. The molecule has 4 aromatic rings. The fraction of sp³-hybridized carbons (Fsp3) is 0.267. The second-order valence-corrected chi connectivity index (χ2v) is 10.4. The zero-order valence-corrected chi connectivity index (χ0v) is 20.3. The van der Waals surface area contributed by atoms with E-state index in [1.807, 2.05) is 0 Å². The van der Waals surface area contributed by atoms with Crippen LogP contribution in [0.25, 0.3) is 22.7 Å². The van der Waals surface area contributed by atoms with Crippen LogP contribution in [0.4, 0.5) is 0 Å². The number of para-hydroxylation sites is 1. The van der Waals surface area contributed by atoms with Gasteiger partial charge >= 0.3 is 7.12 Å². The van der Waals surface area contributed by atoms with Gasteiger partial charge < -0.3 is 13.9 Å². The highest BCUT2D eigenvalue weighted by Crippen LogP contribution is 2.42. The molecule has 1 aromatic heterocycles. The van der Waals surface area contributed by atoms with Crippen molar-refractivity contribution in [2.75, 3.05) is 0 Å². The van der Waals surface area contributed by atoms with Crippen molar-refractivity contribution in [1.82, 2.24) is 4.57 Å². The van der Waals surface area contributed by atoms with Crippen LogP contribution in [-0.2, 0) is 9.31 Å². The molecule has 1 atom stereocenters. The van der Waals surface area contributed by atoms with Crippen molar-refractivity contribution in [3.63, 3.8) is 0 Å². The summed E-state index contributed by atoms with van der Waals surface area (Å²) in [5.41, 5.74) is 6.73. The van der Waals surface area contributed by atoms with Crippen LogP contribution >= 0.6 is 0 Å². The Morgan fingerprint density at radius 1 is 0.824 bits per heavy atom. The second-order valence-electron chi connectivity index (χ2n) is 10.4. The third-order valence-electron chi connectivity index (χ3n) is 7.80. The van der Waals surface area contributed by atoms with Gasteiger partial charge in [-0.3, -0.25) is 0 Å². The quantitative estimate of drug-likeness (QED) is 0.336. The zero-order chi connectivity index (χ0) is 23.5. The smallest absolute Gasteiger partial charge is 0.399 e. The lowest BCUT2D eigenvalue weighted by Gasteiger charge is -2.32. The molecule has 4 heteroatoms. The Kier molecular flexibility index (Phi) is 4.88. The summed E-state index contributed by atoms with van der Waals surface area (Å²) < 4.78 is 15.2. The summed E-state index contributed by atoms with van der Waals surface area (Å²) in [6.45, 7) is 8.41. The van der Waals surface area contributed by atoms with E-state index in [4.69, 9.17) is 9.31 Å². The van der Waals surface area contributed by atoms with Crippen LogP contribution in [0.1, 0.15) is 56.9 Å². The van der Waals surface area contributed by atoms with E-state index >= 15 is 0 Å². The number of benzene rings is 3. The number of allylic oxidation sites excluding steroid dienone is 1. The molecule has 3 aromatic carbocycles. The van der Waals surface area contributed by atoms with Gasteiger partial charge in [-0.25, -0.2) is 0 Å². The maximum atomic E-state index is 6.38. The Bertz CT molecular complexity index is 1370. The molecule has 0 saturated carbocycles. The lowest BCUT2D eigenvalue weighted by atomic mass is 9.78. The third kappa shape index (κ3) is 3.28. The molecule has 2 aliphatic rings. The first-order chi connectivity index (χ1) is 16.4. The highest BCUT2D eigenvalue weighted by molar-refractivity contribution is 6.62. The first-order valence-electron chi connectivity index (χ1n) is 12.2. The molecule has 1 aliphatic carbocycles. The minimum Gasteiger partial charge on any atom is -0.399 e. The van der Waals surface area contributed by atoms with Crippen molar-refractivity contribution < 1.29 is 9.31 Å². The summed E-state index contributed by atoms with van der Waals surface area (Å²) in [7, 11) is -0.373. The SMILES string of the molecule is CC1(C)OB(c2ccc3c(c2)c2c(n3-c3ccccc3)C(c3ccccc3)CC=C2)OC1(C)C. The van der Waals surface area contributed by atoms with Crippen LogP contribution in [0.2, 0.25) is 0 Å². The van der Waals surface area contributed by atoms with Crippen LogP contribution in [0.5, 0.6) is 0 Å². The molecule has 2 heterocycles. The Morgan fingerprint density at radius 2 is 1.47 bits per heavy atom. The predicted octanol–water partition coefficient (Wildman–Crippen LogP) is 6.48. The minimum atomic E-state index is -0.373. The Morgan fingerprint density at radius 3 is 2.15 bits per heavy atom. The van der Waals surface area contributed by atoms with Crippen molar-refractivity contribution in [1.29, 1.82) is 0 Å². The van der Waals surface area contributed by atoms with Crippen LogP contribution in [0, 0.1) is 0 Å². The molecular weight excluding hydrogens is 417 g/mol. The average molecular weight is 447 g/mol. The lowest BCUT2D eigenvalue weighted by molar-refractivity contribution is 0.00578. The molecule has 1 unspecified atom stereocenters. The van der Waals surface area contributed by atoms with Crippen LogP contribution in [-0.4, -0.2) is 22.9 Å². The second kappa shape index (κ2) is 7.73. The van der Waals surface area contributed by atoms with Crippen LogP contribution in [0.15, 0.2) is 84.9 Å². The summed E-state index contributed by atoms with van der Waals surface area (Å²) in [4.78, 5) is 0. The fourth-order valence-electron chi connectivity index (χ4n) is 5.27. The maximum absolute atomic E-state index is 6.38. The van der Waals surface area contributed by atoms with E-state index in [1.165, 1.54) is 33.4 Å². The van der Waals surface area contributed by atoms with E-state index in [-0.39, 0.29) is 18.3 Å². The van der Waals surface area contributed by atoms with E-state index in [0.717, 1.165) is 11.9 Å². The fourth-order valence-corrected chi connectivity index (χ4v) is 5.27. The van der Waals surface area contributed by atoms with Gasteiger partial charge in [0.1, 0.15) is 0 Å². The van der Waals surface area contributed by atoms with Crippen LogP contribution in [0.3, 0.4) is 0 Å². The normalized spacial score (nSPS) is 20.6. The number of nitrogens with zero attached hydrogens (tertiary/aromatic N) is 1. The lowest BCUT2D eigenvalue weighted by Crippen LogP contribution is -2.41. The largest absolute Gasteiger partial charge is 0.494 e. The molecule has 170 valence electrons. The van der Waals surface area contributed by atoms with E-state index in [2.05, 4.69) is 123 Å². The number of fused-ring (bicyclic) bond motifs is 3. The summed E-state index contributed by atoms with van der Waals surface area (Å²) in [6, 6.07) is 28.2. The van der Waals surface area contributed by atoms with Gasteiger partial charge in [0.15, 0.2) is 0 Å². The molecular formula is C30H30BNO2. The molecule has 1 saturated heterocycles. The predicted molar refractivity (Wildman–Crippen MR) is 141 cm³/mol. The molecule has 0 bridgehead atoms. The van der Waals surface area contributed by atoms with Crippen molar-refractivity contribution in [3.05, 3.63) is 102 Å². The molecule has 0 radical (unpaired) electrons. The molecule has 0 spiro atoms. The molecule has 6 rings (SSSR count). The van der Waals surface area contributed by atoms with Crippen molar-refractivity contribution >= 4 is 29.6 Å². The van der Waals surface area contributed by atoms with Crippen LogP contribution < -0.4 is 5.46 Å². The van der Waals surface area contributed by atoms with Gasteiger partial charge in [0.2, 0.25) is 0 Å². The van der Waals surface area contributed by atoms with E-state index in [1.54, 1.807) is 0 Å². The van der Waals surface area contributed by atoms with Gasteiger partial charge in [-0.15, -0.1) is 0 Å². The van der Waals surface area contributed by atoms with E-state index < -0.39 is 0 Å². The van der Waals surface area contributed by atoms with Crippen molar-refractivity contribution in [2.24, 2.45) is 0 Å². The molecule has 0 N–H and O–H groups in total. The Labute approximate surface area is 202 Å². The van der Waals surface area contributed by atoms with Crippen molar-refractivity contribution in [3.8, 4) is 5.69 Å². The molecule has 1 fully saturated rings. The number of rotatable bonds is 3. The summed E-state index contributed by atoms with van der Waals surface area (Å²) >= 11 is 0. The Hall–Kier alpha value is -3.08. The Balaban J connectivity index is 1.57. The van der Waals surface area contributed by atoms with E-state index in [9.17, 15) is 0 Å². The average Bonchev–Trinajstić information content (AvgIpc) is 3.29. The van der Waals surface area contributed by atoms with Gasteiger partial charge in [0.05, 0.1) is 16.7 Å². The first-order valence-corrected chi connectivity index (χ1v) is 12.2.